The molecule has 1 heterocycles. The zero-order valence-corrected chi connectivity index (χ0v) is 11.0. The van der Waals surface area contributed by atoms with E-state index >= 15 is 0 Å². The number of aromatic carboxylic acids is 1. The molecular formula is C13H15N3O3. The summed E-state index contributed by atoms with van der Waals surface area (Å²) in [5.41, 5.74) is 8.13. The van der Waals surface area contributed by atoms with Gasteiger partial charge >= 0.3 is 5.97 Å². The second-order valence-corrected chi connectivity index (χ2v) is 4.19. The summed E-state index contributed by atoms with van der Waals surface area (Å²) < 4.78 is 6.79. The quantitative estimate of drug-likeness (QED) is 0.822. The van der Waals surface area contributed by atoms with Gasteiger partial charge in [-0.2, -0.15) is 5.10 Å². The Labute approximate surface area is 110 Å². The summed E-state index contributed by atoms with van der Waals surface area (Å²) in [6.45, 7) is 3.36. The second-order valence-electron chi connectivity index (χ2n) is 4.19. The Bertz CT molecular complexity index is 647. The molecule has 1 aromatic heterocycles. The van der Waals surface area contributed by atoms with E-state index in [0.29, 0.717) is 28.5 Å². The number of methoxy groups -OCH3 is 1. The van der Waals surface area contributed by atoms with Gasteiger partial charge < -0.3 is 15.6 Å². The summed E-state index contributed by atoms with van der Waals surface area (Å²) >= 11 is 0. The second kappa shape index (κ2) is 4.64. The Hall–Kier alpha value is -2.50. The number of hydrogen-bond acceptors (Lipinski definition) is 4. The van der Waals surface area contributed by atoms with Crippen LogP contribution in [-0.2, 0) is 0 Å². The van der Waals surface area contributed by atoms with Crippen molar-refractivity contribution in [2.75, 3.05) is 12.8 Å². The Morgan fingerprint density at radius 2 is 2.11 bits per heavy atom. The minimum atomic E-state index is -0.996. The number of nitrogens with two attached hydrogens (primary N) is 1. The van der Waals surface area contributed by atoms with Crippen LogP contribution < -0.4 is 10.5 Å². The molecule has 6 nitrogen and oxygen atoms in total. The number of ether oxygens (including phenoxy) is 1. The van der Waals surface area contributed by atoms with Crippen LogP contribution in [0.1, 0.15) is 21.7 Å². The predicted octanol–water partition coefficient (Wildman–Crippen LogP) is 1.78. The van der Waals surface area contributed by atoms with Crippen molar-refractivity contribution in [2.45, 2.75) is 13.8 Å². The van der Waals surface area contributed by atoms with E-state index in [-0.39, 0.29) is 5.56 Å². The van der Waals surface area contributed by atoms with Gasteiger partial charge in [-0.25, -0.2) is 9.48 Å². The Morgan fingerprint density at radius 3 is 2.63 bits per heavy atom. The Balaban J connectivity index is 2.69. The minimum Gasteiger partial charge on any atom is -0.494 e. The maximum atomic E-state index is 11.2. The lowest BCUT2D eigenvalue weighted by Gasteiger charge is -2.11. The molecule has 3 N–H and O–H groups in total. The topological polar surface area (TPSA) is 90.4 Å². The zero-order chi connectivity index (χ0) is 14.2. The van der Waals surface area contributed by atoms with Gasteiger partial charge in [0.2, 0.25) is 0 Å². The van der Waals surface area contributed by atoms with Crippen LogP contribution in [0.3, 0.4) is 0 Å². The van der Waals surface area contributed by atoms with Crippen molar-refractivity contribution in [1.82, 2.24) is 9.78 Å². The average molecular weight is 261 g/mol. The summed E-state index contributed by atoms with van der Waals surface area (Å²) in [5, 5.41) is 13.4. The Morgan fingerprint density at radius 1 is 1.42 bits per heavy atom. The van der Waals surface area contributed by atoms with Gasteiger partial charge in [0, 0.05) is 5.69 Å². The molecule has 2 rings (SSSR count). The normalized spacial score (nSPS) is 10.5. The third-order valence-corrected chi connectivity index (χ3v) is 2.94. The monoisotopic (exact) mass is 261 g/mol. The number of nitrogens with zero attached hydrogens (tertiary/aromatic N) is 2. The first-order chi connectivity index (χ1) is 8.95. The third kappa shape index (κ3) is 2.12. The molecule has 0 saturated heterocycles. The fourth-order valence-electron chi connectivity index (χ4n) is 2.06. The molecule has 2 aromatic rings. The van der Waals surface area contributed by atoms with Crippen LogP contribution in [0.4, 0.5) is 5.69 Å². The van der Waals surface area contributed by atoms with Crippen molar-refractivity contribution in [2.24, 2.45) is 0 Å². The van der Waals surface area contributed by atoms with E-state index < -0.39 is 5.97 Å². The highest BCUT2D eigenvalue weighted by Crippen LogP contribution is 2.27. The van der Waals surface area contributed by atoms with Gasteiger partial charge in [0.15, 0.2) is 0 Å². The molecule has 100 valence electrons. The van der Waals surface area contributed by atoms with Crippen LogP contribution in [0.2, 0.25) is 0 Å². The predicted molar refractivity (Wildman–Crippen MR) is 71.0 cm³/mol. The first-order valence-electron chi connectivity index (χ1n) is 5.69. The number of aryl methyl sites for hydroxylation is 1. The summed E-state index contributed by atoms with van der Waals surface area (Å²) in [7, 11) is 1.54. The number of nitrogen functional groups attached to an aromatic ring is 1. The molecule has 0 saturated carbocycles. The summed E-state index contributed by atoms with van der Waals surface area (Å²) in [5.74, 6) is -0.416. The highest BCUT2D eigenvalue weighted by molar-refractivity contribution is 5.90. The molecule has 6 heteroatoms. The minimum absolute atomic E-state index is 0.199. The number of hydrogen-bond donors (Lipinski definition) is 2. The van der Waals surface area contributed by atoms with Gasteiger partial charge in [0.1, 0.15) is 17.0 Å². The van der Waals surface area contributed by atoms with Crippen LogP contribution in [0.5, 0.6) is 5.75 Å². The van der Waals surface area contributed by atoms with Crippen molar-refractivity contribution in [3.63, 3.8) is 0 Å². The zero-order valence-electron chi connectivity index (χ0n) is 11.0. The lowest BCUT2D eigenvalue weighted by Crippen LogP contribution is -2.05. The molecule has 0 spiro atoms. The lowest BCUT2D eigenvalue weighted by molar-refractivity contribution is 0.0695. The molecule has 0 unspecified atom stereocenters. The largest absolute Gasteiger partial charge is 0.494 e. The molecule has 0 aliphatic carbocycles. The summed E-state index contributed by atoms with van der Waals surface area (Å²) in [6.07, 6.45) is 0. The van der Waals surface area contributed by atoms with Crippen LogP contribution in [0.15, 0.2) is 18.2 Å². The van der Waals surface area contributed by atoms with E-state index in [1.165, 1.54) is 4.68 Å². The van der Waals surface area contributed by atoms with Crippen molar-refractivity contribution in [3.8, 4) is 11.4 Å². The van der Waals surface area contributed by atoms with Crippen LogP contribution in [0.25, 0.3) is 5.69 Å². The van der Waals surface area contributed by atoms with Gasteiger partial charge in [0.05, 0.1) is 18.5 Å². The summed E-state index contributed by atoms with van der Waals surface area (Å²) in [4.78, 5) is 11.2. The van der Waals surface area contributed by atoms with Gasteiger partial charge in [-0.05, 0) is 32.0 Å². The molecule has 0 aliphatic rings. The molecule has 0 amide bonds. The molecule has 19 heavy (non-hydrogen) atoms. The highest BCUT2D eigenvalue weighted by atomic mass is 16.5. The lowest BCUT2D eigenvalue weighted by atomic mass is 10.2. The SMILES string of the molecule is COc1ccc(N)cc1-n1nc(C)c(C(=O)O)c1C. The van der Waals surface area contributed by atoms with Crippen molar-refractivity contribution < 1.29 is 14.6 Å². The average Bonchev–Trinajstić information content (AvgIpc) is 2.64. The van der Waals surface area contributed by atoms with E-state index in [1.807, 2.05) is 0 Å². The number of rotatable bonds is 3. The van der Waals surface area contributed by atoms with Crippen molar-refractivity contribution in [1.29, 1.82) is 0 Å². The molecule has 0 atom stereocenters. The van der Waals surface area contributed by atoms with E-state index in [4.69, 9.17) is 10.5 Å². The van der Waals surface area contributed by atoms with E-state index in [2.05, 4.69) is 5.10 Å². The van der Waals surface area contributed by atoms with Crippen LogP contribution >= 0.6 is 0 Å². The molecule has 0 aliphatic heterocycles. The van der Waals surface area contributed by atoms with Crippen LogP contribution in [-0.4, -0.2) is 28.0 Å². The standard InChI is InChI=1S/C13H15N3O3/c1-7-12(13(17)18)8(2)16(15-7)10-6-9(14)4-5-11(10)19-3/h4-6H,14H2,1-3H3,(H,17,18). The maximum Gasteiger partial charge on any atom is 0.339 e. The Kier molecular flexibility index (Phi) is 3.16. The number of carboxylic acids is 1. The third-order valence-electron chi connectivity index (χ3n) is 2.94. The molecule has 0 fully saturated rings. The van der Waals surface area contributed by atoms with Crippen molar-refractivity contribution >= 4 is 11.7 Å². The fraction of sp³-hybridized carbons (Fsp3) is 0.231. The molecule has 0 radical (unpaired) electrons. The van der Waals surface area contributed by atoms with Gasteiger partial charge in [-0.1, -0.05) is 0 Å². The van der Waals surface area contributed by atoms with Crippen molar-refractivity contribution in [3.05, 3.63) is 35.2 Å². The first kappa shape index (κ1) is 12.9. The van der Waals surface area contributed by atoms with Gasteiger partial charge in [-0.3, -0.25) is 0 Å². The summed E-state index contributed by atoms with van der Waals surface area (Å²) in [6, 6.07) is 5.14. The molecule has 1 aromatic carbocycles. The highest BCUT2D eigenvalue weighted by Gasteiger charge is 2.20. The van der Waals surface area contributed by atoms with Crippen LogP contribution in [0, 0.1) is 13.8 Å². The number of anilines is 1. The smallest absolute Gasteiger partial charge is 0.339 e. The van der Waals surface area contributed by atoms with Gasteiger partial charge in [-0.15, -0.1) is 0 Å². The number of aromatic nitrogens is 2. The number of benzene rings is 1. The fourth-order valence-corrected chi connectivity index (χ4v) is 2.06. The number of carbonyl (C=O) groups is 1. The molecular weight excluding hydrogens is 246 g/mol. The van der Waals surface area contributed by atoms with E-state index in [9.17, 15) is 9.90 Å². The maximum absolute atomic E-state index is 11.2. The molecule has 0 bridgehead atoms. The van der Waals surface area contributed by atoms with E-state index in [1.54, 1.807) is 39.2 Å². The number of carboxylic acid groups (broad SMARTS) is 1. The van der Waals surface area contributed by atoms with Gasteiger partial charge in [0.25, 0.3) is 0 Å². The van der Waals surface area contributed by atoms with E-state index in [0.717, 1.165) is 0 Å². The first-order valence-corrected chi connectivity index (χ1v) is 5.69.